The number of hydrogen-bond acceptors (Lipinski definition) is 0. The zero-order valence-electron chi connectivity index (χ0n) is 6.43. The van der Waals surface area contributed by atoms with Crippen molar-refractivity contribution in [1.29, 1.82) is 0 Å². The molecular formula is C9H16. The molecule has 0 spiro atoms. The average molecular weight is 124 g/mol. The molecule has 2 fully saturated rings. The smallest absolute Gasteiger partial charge is 0.0355 e. The first kappa shape index (κ1) is 5.76. The average Bonchev–Trinajstić information content (AvgIpc) is 2.30. The predicted octanol–water partition coefficient (Wildman–Crippen LogP) is 2.69. The van der Waals surface area contributed by atoms with Crippen LogP contribution in [0.2, 0.25) is 0 Å². The summed E-state index contributed by atoms with van der Waals surface area (Å²) in [5.41, 5.74) is 0. The van der Waals surface area contributed by atoms with E-state index in [1.165, 1.54) is 19.3 Å². The van der Waals surface area contributed by atoms with Crippen LogP contribution in [-0.2, 0) is 0 Å². The SMILES string of the molecule is C[C@@H]1C2CCCC2[C@@H]1C. The van der Waals surface area contributed by atoms with Crippen molar-refractivity contribution < 1.29 is 0 Å². The van der Waals surface area contributed by atoms with Gasteiger partial charge in [0.15, 0.2) is 0 Å². The van der Waals surface area contributed by atoms with E-state index in [4.69, 9.17) is 0 Å². The minimum atomic E-state index is 1.05. The minimum Gasteiger partial charge on any atom is -0.0620 e. The van der Waals surface area contributed by atoms with Crippen LogP contribution in [-0.4, -0.2) is 0 Å². The summed E-state index contributed by atoms with van der Waals surface area (Å²) in [4.78, 5) is 0. The second-order valence-electron chi connectivity index (χ2n) is 3.98. The van der Waals surface area contributed by atoms with Gasteiger partial charge in [-0.15, -0.1) is 0 Å². The van der Waals surface area contributed by atoms with Crippen LogP contribution in [0, 0.1) is 23.7 Å². The molecule has 2 saturated carbocycles. The fourth-order valence-corrected chi connectivity index (χ4v) is 2.96. The zero-order valence-corrected chi connectivity index (χ0v) is 6.43. The summed E-state index contributed by atoms with van der Waals surface area (Å²) in [5, 5.41) is 0. The maximum Gasteiger partial charge on any atom is -0.0355 e. The molecule has 0 saturated heterocycles. The molecule has 2 aliphatic carbocycles. The summed E-state index contributed by atoms with van der Waals surface area (Å²) in [5.74, 6) is 4.38. The first-order valence-corrected chi connectivity index (χ1v) is 4.30. The Hall–Kier alpha value is 0. The number of rotatable bonds is 0. The lowest BCUT2D eigenvalue weighted by Crippen LogP contribution is -2.39. The first-order valence-electron chi connectivity index (χ1n) is 4.30. The lowest BCUT2D eigenvalue weighted by atomic mass is 9.60. The van der Waals surface area contributed by atoms with E-state index in [1.807, 2.05) is 0 Å². The highest BCUT2D eigenvalue weighted by molar-refractivity contribution is 4.95. The van der Waals surface area contributed by atoms with Crippen LogP contribution in [0.25, 0.3) is 0 Å². The van der Waals surface area contributed by atoms with E-state index in [2.05, 4.69) is 13.8 Å². The molecular weight excluding hydrogens is 108 g/mol. The molecule has 0 aliphatic heterocycles. The monoisotopic (exact) mass is 124 g/mol. The van der Waals surface area contributed by atoms with E-state index >= 15 is 0 Å². The van der Waals surface area contributed by atoms with Crippen molar-refractivity contribution in [1.82, 2.24) is 0 Å². The Balaban J connectivity index is 2.06. The number of hydrogen-bond donors (Lipinski definition) is 0. The van der Waals surface area contributed by atoms with Crippen molar-refractivity contribution in [3.8, 4) is 0 Å². The van der Waals surface area contributed by atoms with Gasteiger partial charge in [-0.05, 0) is 36.5 Å². The van der Waals surface area contributed by atoms with Gasteiger partial charge >= 0.3 is 0 Å². The molecule has 0 bridgehead atoms. The molecule has 0 N–H and O–H groups in total. The molecule has 0 radical (unpaired) electrons. The van der Waals surface area contributed by atoms with Gasteiger partial charge in [-0.25, -0.2) is 0 Å². The molecule has 0 heterocycles. The molecule has 2 aliphatic rings. The van der Waals surface area contributed by atoms with Crippen LogP contribution >= 0.6 is 0 Å². The topological polar surface area (TPSA) is 0 Å². The Morgan fingerprint density at radius 2 is 1.33 bits per heavy atom. The van der Waals surface area contributed by atoms with Crippen molar-refractivity contribution >= 4 is 0 Å². The Morgan fingerprint density at radius 1 is 0.889 bits per heavy atom. The molecule has 52 valence electrons. The van der Waals surface area contributed by atoms with Gasteiger partial charge in [0.1, 0.15) is 0 Å². The molecule has 0 amide bonds. The molecule has 9 heavy (non-hydrogen) atoms. The van der Waals surface area contributed by atoms with Gasteiger partial charge in [-0.3, -0.25) is 0 Å². The van der Waals surface area contributed by atoms with Gasteiger partial charge in [0.25, 0.3) is 0 Å². The van der Waals surface area contributed by atoms with Crippen molar-refractivity contribution in [2.45, 2.75) is 33.1 Å². The van der Waals surface area contributed by atoms with Gasteiger partial charge in [0, 0.05) is 0 Å². The van der Waals surface area contributed by atoms with Crippen LogP contribution in [0.4, 0.5) is 0 Å². The van der Waals surface area contributed by atoms with Crippen molar-refractivity contribution in [2.24, 2.45) is 23.7 Å². The first-order chi connectivity index (χ1) is 4.30. The Bertz CT molecular complexity index is 103. The van der Waals surface area contributed by atoms with E-state index in [1.54, 1.807) is 0 Å². The summed E-state index contributed by atoms with van der Waals surface area (Å²) < 4.78 is 0. The van der Waals surface area contributed by atoms with E-state index in [-0.39, 0.29) is 0 Å². The quantitative estimate of drug-likeness (QED) is 0.465. The fraction of sp³-hybridized carbons (Fsp3) is 1.00. The highest BCUT2D eigenvalue weighted by Crippen LogP contribution is 2.54. The van der Waals surface area contributed by atoms with Gasteiger partial charge in [0.05, 0.1) is 0 Å². The van der Waals surface area contributed by atoms with E-state index < -0.39 is 0 Å². The minimum absolute atomic E-state index is 1.05. The molecule has 2 unspecified atom stereocenters. The van der Waals surface area contributed by atoms with Gasteiger partial charge in [-0.1, -0.05) is 20.3 Å². The summed E-state index contributed by atoms with van der Waals surface area (Å²) in [6.45, 7) is 4.86. The molecule has 0 nitrogen and oxygen atoms in total. The highest BCUT2D eigenvalue weighted by atomic mass is 14.5. The van der Waals surface area contributed by atoms with Crippen molar-refractivity contribution in [3.05, 3.63) is 0 Å². The Labute approximate surface area is 57.6 Å². The largest absolute Gasteiger partial charge is 0.0620 e. The molecule has 4 atom stereocenters. The maximum atomic E-state index is 2.43. The van der Waals surface area contributed by atoms with Crippen molar-refractivity contribution in [2.75, 3.05) is 0 Å². The maximum absolute atomic E-state index is 2.43. The molecule has 0 aromatic rings. The van der Waals surface area contributed by atoms with Crippen LogP contribution in [0.1, 0.15) is 33.1 Å². The second kappa shape index (κ2) is 1.74. The van der Waals surface area contributed by atoms with Gasteiger partial charge in [-0.2, -0.15) is 0 Å². The molecule has 2 rings (SSSR count). The third-order valence-electron chi connectivity index (χ3n) is 3.80. The van der Waals surface area contributed by atoms with Gasteiger partial charge in [0.2, 0.25) is 0 Å². The molecule has 0 aromatic heterocycles. The Kier molecular flexibility index (Phi) is 1.12. The predicted molar refractivity (Wildman–Crippen MR) is 39.2 cm³/mol. The van der Waals surface area contributed by atoms with Gasteiger partial charge < -0.3 is 0 Å². The van der Waals surface area contributed by atoms with Crippen LogP contribution in [0.3, 0.4) is 0 Å². The van der Waals surface area contributed by atoms with Crippen LogP contribution in [0.15, 0.2) is 0 Å². The van der Waals surface area contributed by atoms with E-state index in [0.717, 1.165) is 23.7 Å². The fourth-order valence-electron chi connectivity index (χ4n) is 2.96. The van der Waals surface area contributed by atoms with Crippen LogP contribution in [0.5, 0.6) is 0 Å². The standard InChI is InChI=1S/C9H16/c1-6-7(2)9-5-3-4-8(6)9/h6-9H,3-5H2,1-2H3/t6-,7+,8?,9?. The third-order valence-corrected chi connectivity index (χ3v) is 3.80. The lowest BCUT2D eigenvalue weighted by Gasteiger charge is -2.45. The zero-order chi connectivity index (χ0) is 6.43. The number of fused-ring (bicyclic) bond motifs is 1. The molecule has 0 heteroatoms. The van der Waals surface area contributed by atoms with E-state index in [9.17, 15) is 0 Å². The lowest BCUT2D eigenvalue weighted by molar-refractivity contribution is 0.0302. The Morgan fingerprint density at radius 3 is 1.78 bits per heavy atom. The van der Waals surface area contributed by atoms with Crippen molar-refractivity contribution in [3.63, 3.8) is 0 Å². The summed E-state index contributed by atoms with van der Waals surface area (Å²) >= 11 is 0. The molecule has 0 aromatic carbocycles. The normalized spacial score (nSPS) is 56.7. The van der Waals surface area contributed by atoms with E-state index in [0.29, 0.717) is 0 Å². The summed E-state index contributed by atoms with van der Waals surface area (Å²) in [6.07, 6.45) is 4.59. The highest BCUT2D eigenvalue weighted by Gasteiger charge is 2.46. The summed E-state index contributed by atoms with van der Waals surface area (Å²) in [6, 6.07) is 0. The summed E-state index contributed by atoms with van der Waals surface area (Å²) in [7, 11) is 0. The van der Waals surface area contributed by atoms with Crippen LogP contribution < -0.4 is 0 Å². The third kappa shape index (κ3) is 0.595. The second-order valence-corrected chi connectivity index (χ2v) is 3.98.